The number of piperidine rings is 1. The molecule has 1 aliphatic rings. The summed E-state index contributed by atoms with van der Waals surface area (Å²) in [6.45, 7) is 3.63. The summed E-state index contributed by atoms with van der Waals surface area (Å²) in [6.07, 6.45) is 3.17. The molecule has 4 rings (SSSR count). The molecule has 0 unspecified atom stereocenters. The van der Waals surface area contributed by atoms with E-state index in [1.807, 2.05) is 59.7 Å². The Morgan fingerprint density at radius 2 is 2.00 bits per heavy atom. The van der Waals surface area contributed by atoms with E-state index in [1.165, 1.54) is 11.3 Å². The Kier molecular flexibility index (Phi) is 8.48. The van der Waals surface area contributed by atoms with Crippen molar-refractivity contribution in [2.75, 3.05) is 13.1 Å². The first-order chi connectivity index (χ1) is 16.9. The molecule has 2 aromatic heterocycles. The zero-order valence-electron chi connectivity index (χ0n) is 19.2. The topological polar surface area (TPSA) is 89.9 Å². The van der Waals surface area contributed by atoms with E-state index in [1.54, 1.807) is 6.20 Å². The van der Waals surface area contributed by atoms with Gasteiger partial charge in [0.1, 0.15) is 5.75 Å². The maximum absolute atomic E-state index is 12.5. The van der Waals surface area contributed by atoms with E-state index in [-0.39, 0.29) is 17.6 Å². The highest BCUT2D eigenvalue weighted by atomic mass is 79.9. The summed E-state index contributed by atoms with van der Waals surface area (Å²) in [5.41, 5.74) is 6.06. The molecule has 0 spiro atoms. The summed E-state index contributed by atoms with van der Waals surface area (Å²) in [4.78, 5) is 19.6. The summed E-state index contributed by atoms with van der Waals surface area (Å²) in [5.74, 6) is 0.226. The van der Waals surface area contributed by atoms with Crippen LogP contribution in [0.15, 0.2) is 63.6 Å². The van der Waals surface area contributed by atoms with E-state index < -0.39 is 0 Å². The van der Waals surface area contributed by atoms with Gasteiger partial charge in [-0.15, -0.1) is 11.3 Å². The first kappa shape index (κ1) is 25.3. The molecular weight excluding hydrogens is 546 g/mol. The molecule has 1 aromatic carbocycles. The number of hydrogen-bond acceptors (Lipinski definition) is 6. The zero-order chi connectivity index (χ0) is 24.8. The summed E-state index contributed by atoms with van der Waals surface area (Å²) >= 11 is 10.4. The first-order valence-electron chi connectivity index (χ1n) is 11.3. The average molecular weight is 573 g/mol. The van der Waals surface area contributed by atoms with Gasteiger partial charge in [0, 0.05) is 35.1 Å². The molecular formula is C25H26BrN5O2S2. The smallest absolute Gasteiger partial charge is 0.223 e. The van der Waals surface area contributed by atoms with Gasteiger partial charge in [-0.2, -0.15) is 5.10 Å². The van der Waals surface area contributed by atoms with Crippen molar-refractivity contribution < 1.29 is 9.90 Å². The maximum atomic E-state index is 12.5. The molecule has 7 nitrogen and oxygen atoms in total. The second kappa shape index (κ2) is 11.7. The van der Waals surface area contributed by atoms with Crippen LogP contribution in [0.2, 0.25) is 0 Å². The highest BCUT2D eigenvalue weighted by molar-refractivity contribution is 9.10. The molecule has 1 aliphatic heterocycles. The van der Waals surface area contributed by atoms with Gasteiger partial charge >= 0.3 is 0 Å². The molecule has 0 radical (unpaired) electrons. The number of halogens is 1. The van der Waals surface area contributed by atoms with Gasteiger partial charge in [0.25, 0.3) is 0 Å². The van der Waals surface area contributed by atoms with Crippen LogP contribution < -0.4 is 10.7 Å². The summed E-state index contributed by atoms with van der Waals surface area (Å²) in [7, 11) is 0. The lowest BCUT2D eigenvalue weighted by molar-refractivity contribution is -0.126. The van der Waals surface area contributed by atoms with Crippen molar-refractivity contribution in [3.8, 4) is 16.2 Å². The second-order valence-corrected chi connectivity index (χ2v) is 10.4. The number of carbonyl (C=O) groups excluding carboxylic acids is 1. The Morgan fingerprint density at radius 1 is 1.26 bits per heavy atom. The second-order valence-electron chi connectivity index (χ2n) is 8.25. The SMILES string of the molecule is C/C(=N/NC(=S)N1CCC(C(=O)NCc2ccccn2)CC1)c1csc(-c2ccc(Br)cc2)c1O. The molecule has 0 saturated carbocycles. The van der Waals surface area contributed by atoms with Crippen molar-refractivity contribution in [2.24, 2.45) is 11.0 Å². The van der Waals surface area contributed by atoms with Gasteiger partial charge in [-0.25, -0.2) is 0 Å². The van der Waals surface area contributed by atoms with Crippen LogP contribution in [0.4, 0.5) is 0 Å². The van der Waals surface area contributed by atoms with Crippen molar-refractivity contribution in [1.82, 2.24) is 20.6 Å². The largest absolute Gasteiger partial charge is 0.506 e. The number of carbonyl (C=O) groups is 1. The van der Waals surface area contributed by atoms with E-state index in [9.17, 15) is 9.90 Å². The van der Waals surface area contributed by atoms with Crippen molar-refractivity contribution in [2.45, 2.75) is 26.3 Å². The van der Waals surface area contributed by atoms with Gasteiger partial charge in [0.05, 0.1) is 28.4 Å². The van der Waals surface area contributed by atoms with Gasteiger partial charge in [-0.1, -0.05) is 34.1 Å². The van der Waals surface area contributed by atoms with E-state index in [2.05, 4.69) is 36.8 Å². The number of pyridine rings is 1. The predicted molar refractivity (Wildman–Crippen MR) is 147 cm³/mol. The van der Waals surface area contributed by atoms with E-state index in [0.29, 0.717) is 36.0 Å². The third-order valence-electron chi connectivity index (χ3n) is 5.90. The number of thiophene rings is 1. The number of aromatic nitrogens is 1. The van der Waals surface area contributed by atoms with Gasteiger partial charge in [-0.05, 0) is 61.8 Å². The number of hydrazone groups is 1. The Labute approximate surface area is 222 Å². The van der Waals surface area contributed by atoms with Crippen molar-refractivity contribution >= 4 is 56.2 Å². The minimum atomic E-state index is -0.0391. The van der Waals surface area contributed by atoms with Crippen molar-refractivity contribution in [3.63, 3.8) is 0 Å². The summed E-state index contributed by atoms with van der Waals surface area (Å²) in [5, 5.41) is 20.5. The Balaban J connectivity index is 1.28. The number of rotatable bonds is 6. The fraction of sp³-hybridized carbons (Fsp3) is 0.280. The quantitative estimate of drug-likeness (QED) is 0.221. The standard InChI is InChI=1S/C25H26BrN5O2S2/c1-16(21-15-35-23(22(21)32)17-5-7-19(26)8-6-17)29-30-25(34)31-12-9-18(10-13-31)24(33)28-14-20-4-2-3-11-27-20/h2-8,11,15,18,32H,9-10,12-14H2,1H3,(H,28,33)(H,30,34)/b29-16-. The number of nitrogens with zero attached hydrogens (tertiary/aromatic N) is 3. The number of aromatic hydroxyl groups is 1. The predicted octanol–water partition coefficient (Wildman–Crippen LogP) is 4.91. The van der Waals surface area contributed by atoms with Crippen LogP contribution in [0.1, 0.15) is 31.0 Å². The maximum Gasteiger partial charge on any atom is 0.223 e. The molecule has 1 amide bonds. The molecule has 0 atom stereocenters. The molecule has 3 heterocycles. The number of thiocarbonyl (C=S) groups is 1. The number of benzene rings is 1. The van der Waals surface area contributed by atoms with Crippen molar-refractivity contribution in [1.29, 1.82) is 0 Å². The van der Waals surface area contributed by atoms with Gasteiger partial charge in [0.15, 0.2) is 5.11 Å². The number of amides is 1. The molecule has 10 heteroatoms. The van der Waals surface area contributed by atoms with Crippen LogP contribution in [0.3, 0.4) is 0 Å². The molecule has 3 N–H and O–H groups in total. The van der Waals surface area contributed by atoms with Crippen LogP contribution in [0.25, 0.3) is 10.4 Å². The summed E-state index contributed by atoms with van der Waals surface area (Å²) in [6, 6.07) is 13.5. The van der Waals surface area contributed by atoms with Crippen LogP contribution in [-0.4, -0.2) is 44.8 Å². The third-order valence-corrected chi connectivity index (χ3v) is 7.80. The van der Waals surface area contributed by atoms with E-state index >= 15 is 0 Å². The Bertz CT molecular complexity index is 1210. The van der Waals surface area contributed by atoms with Gasteiger partial charge in [0.2, 0.25) is 5.91 Å². The lowest BCUT2D eigenvalue weighted by Gasteiger charge is -2.32. The van der Waals surface area contributed by atoms with Crippen LogP contribution in [-0.2, 0) is 11.3 Å². The fourth-order valence-electron chi connectivity index (χ4n) is 3.85. The number of hydrogen-bond donors (Lipinski definition) is 3. The summed E-state index contributed by atoms with van der Waals surface area (Å²) < 4.78 is 0.988. The third kappa shape index (κ3) is 6.45. The van der Waals surface area contributed by atoms with Gasteiger partial charge in [-0.3, -0.25) is 15.2 Å². The zero-order valence-corrected chi connectivity index (χ0v) is 22.4. The van der Waals surface area contributed by atoms with E-state index in [0.717, 1.165) is 33.4 Å². The molecule has 0 bridgehead atoms. The number of likely N-dealkylation sites (tertiary alicyclic amines) is 1. The highest BCUT2D eigenvalue weighted by Crippen LogP contribution is 2.39. The van der Waals surface area contributed by atoms with Crippen molar-refractivity contribution in [3.05, 3.63) is 69.8 Å². The van der Waals surface area contributed by atoms with Crippen LogP contribution in [0, 0.1) is 5.92 Å². The first-order valence-corrected chi connectivity index (χ1v) is 13.3. The number of nitrogens with one attached hydrogen (secondary N) is 2. The minimum absolute atomic E-state index is 0.0391. The van der Waals surface area contributed by atoms with Crippen LogP contribution in [0.5, 0.6) is 5.75 Å². The van der Waals surface area contributed by atoms with Gasteiger partial charge < -0.3 is 15.3 Å². The highest BCUT2D eigenvalue weighted by Gasteiger charge is 2.26. The van der Waals surface area contributed by atoms with E-state index in [4.69, 9.17) is 12.2 Å². The molecule has 0 aliphatic carbocycles. The normalized spacial score (nSPS) is 14.6. The fourth-order valence-corrected chi connectivity index (χ4v) is 5.35. The monoisotopic (exact) mass is 571 g/mol. The molecule has 1 saturated heterocycles. The lowest BCUT2D eigenvalue weighted by Crippen LogP contribution is -2.45. The Morgan fingerprint density at radius 3 is 2.69 bits per heavy atom. The molecule has 182 valence electrons. The average Bonchev–Trinajstić information content (AvgIpc) is 3.28. The lowest BCUT2D eigenvalue weighted by atomic mass is 9.96. The minimum Gasteiger partial charge on any atom is -0.506 e. The molecule has 3 aromatic rings. The Hall–Kier alpha value is -2.82. The molecule has 1 fully saturated rings. The van der Waals surface area contributed by atoms with Crippen LogP contribution >= 0.6 is 39.5 Å². The molecule has 35 heavy (non-hydrogen) atoms.